The summed E-state index contributed by atoms with van der Waals surface area (Å²) >= 11 is 0. The summed E-state index contributed by atoms with van der Waals surface area (Å²) in [6, 6.07) is 0.241. The maximum Gasteiger partial charge on any atom is 0.317 e. The maximum absolute atomic E-state index is 11.7. The van der Waals surface area contributed by atoms with Crippen LogP contribution in [-0.2, 0) is 4.79 Å². The number of likely N-dealkylation sites (tertiary alicyclic amines) is 1. The number of urea groups is 1. The van der Waals surface area contributed by atoms with E-state index in [2.05, 4.69) is 12.2 Å². The minimum absolute atomic E-state index is 0.0578. The normalized spacial score (nSPS) is 20.6. The fourth-order valence-electron chi connectivity index (χ4n) is 1.94. The van der Waals surface area contributed by atoms with Crippen molar-refractivity contribution in [3.63, 3.8) is 0 Å². The van der Waals surface area contributed by atoms with Gasteiger partial charge in [-0.25, -0.2) is 4.79 Å². The Bertz CT molecular complexity index is 256. The molecule has 0 saturated carbocycles. The Morgan fingerprint density at radius 2 is 2.19 bits per heavy atom. The first-order valence-electron chi connectivity index (χ1n) is 5.87. The van der Waals surface area contributed by atoms with E-state index in [-0.39, 0.29) is 12.5 Å². The zero-order chi connectivity index (χ0) is 12.0. The number of carboxylic acid groups (broad SMARTS) is 1. The molecule has 1 aliphatic heterocycles. The van der Waals surface area contributed by atoms with Gasteiger partial charge in [-0.15, -0.1) is 0 Å². The minimum Gasteiger partial charge on any atom is -0.481 e. The number of carboxylic acids is 1. The van der Waals surface area contributed by atoms with E-state index in [0.717, 1.165) is 19.4 Å². The number of rotatable bonds is 4. The second-order valence-electron chi connectivity index (χ2n) is 4.27. The Hall–Kier alpha value is -1.26. The molecule has 2 amide bonds. The SMILES string of the molecule is CC1CCCCN1C(=O)NCCCC(=O)O. The fourth-order valence-corrected chi connectivity index (χ4v) is 1.94. The molecule has 0 aliphatic carbocycles. The van der Waals surface area contributed by atoms with Gasteiger partial charge >= 0.3 is 12.0 Å². The third kappa shape index (κ3) is 4.08. The van der Waals surface area contributed by atoms with Gasteiger partial charge in [-0.1, -0.05) is 0 Å². The molecule has 5 heteroatoms. The number of hydrogen-bond donors (Lipinski definition) is 2. The predicted molar refractivity (Wildman–Crippen MR) is 60.3 cm³/mol. The predicted octanol–water partition coefficient (Wildman–Crippen LogP) is 1.44. The second-order valence-corrected chi connectivity index (χ2v) is 4.27. The fraction of sp³-hybridized carbons (Fsp3) is 0.818. The lowest BCUT2D eigenvalue weighted by Gasteiger charge is -2.33. The summed E-state index contributed by atoms with van der Waals surface area (Å²) in [7, 11) is 0. The molecule has 1 rings (SSSR count). The minimum atomic E-state index is -0.819. The number of nitrogens with zero attached hydrogens (tertiary/aromatic N) is 1. The number of piperidine rings is 1. The van der Waals surface area contributed by atoms with Crippen molar-refractivity contribution < 1.29 is 14.7 Å². The molecule has 1 unspecified atom stereocenters. The molecular formula is C11H20N2O3. The van der Waals surface area contributed by atoms with E-state index >= 15 is 0 Å². The van der Waals surface area contributed by atoms with E-state index < -0.39 is 5.97 Å². The van der Waals surface area contributed by atoms with Gasteiger partial charge in [0.25, 0.3) is 0 Å². The highest BCUT2D eigenvalue weighted by atomic mass is 16.4. The summed E-state index contributed by atoms with van der Waals surface area (Å²) in [6.45, 7) is 3.30. The smallest absolute Gasteiger partial charge is 0.317 e. The van der Waals surface area contributed by atoms with Gasteiger partial charge in [0.2, 0.25) is 0 Å². The highest BCUT2D eigenvalue weighted by Gasteiger charge is 2.22. The van der Waals surface area contributed by atoms with Gasteiger partial charge in [0.15, 0.2) is 0 Å². The first kappa shape index (κ1) is 12.8. The summed E-state index contributed by atoms with van der Waals surface area (Å²) in [5.41, 5.74) is 0. The van der Waals surface area contributed by atoms with Crippen LogP contribution in [0.25, 0.3) is 0 Å². The van der Waals surface area contributed by atoms with Crippen LogP contribution in [0.15, 0.2) is 0 Å². The molecule has 0 aromatic carbocycles. The van der Waals surface area contributed by atoms with E-state index in [4.69, 9.17) is 5.11 Å². The molecule has 92 valence electrons. The van der Waals surface area contributed by atoms with Crippen molar-refractivity contribution in [2.45, 2.75) is 45.1 Å². The summed E-state index contributed by atoms with van der Waals surface area (Å²) in [5.74, 6) is -0.819. The molecule has 1 heterocycles. The van der Waals surface area contributed by atoms with Crippen LogP contribution >= 0.6 is 0 Å². The van der Waals surface area contributed by atoms with Crippen LogP contribution in [0, 0.1) is 0 Å². The van der Waals surface area contributed by atoms with E-state index in [0.29, 0.717) is 19.0 Å². The quantitative estimate of drug-likeness (QED) is 0.715. The molecule has 0 spiro atoms. The Morgan fingerprint density at radius 1 is 1.44 bits per heavy atom. The molecule has 2 N–H and O–H groups in total. The molecule has 0 aromatic heterocycles. The molecule has 16 heavy (non-hydrogen) atoms. The second kappa shape index (κ2) is 6.35. The molecule has 0 bridgehead atoms. The molecule has 0 radical (unpaired) electrons. The average molecular weight is 228 g/mol. The molecule has 1 saturated heterocycles. The monoisotopic (exact) mass is 228 g/mol. The van der Waals surface area contributed by atoms with E-state index in [1.807, 2.05) is 4.90 Å². The number of carbonyl (C=O) groups excluding carboxylic acids is 1. The number of carbonyl (C=O) groups is 2. The van der Waals surface area contributed by atoms with Crippen LogP contribution < -0.4 is 5.32 Å². The van der Waals surface area contributed by atoms with Crippen LogP contribution in [0.3, 0.4) is 0 Å². The van der Waals surface area contributed by atoms with Crippen molar-refractivity contribution >= 4 is 12.0 Å². The van der Waals surface area contributed by atoms with Crippen molar-refractivity contribution in [3.8, 4) is 0 Å². The highest BCUT2D eigenvalue weighted by molar-refractivity contribution is 5.74. The van der Waals surface area contributed by atoms with Crippen LogP contribution in [-0.4, -0.2) is 41.1 Å². The van der Waals surface area contributed by atoms with Gasteiger partial charge in [-0.05, 0) is 32.6 Å². The number of aliphatic carboxylic acids is 1. The lowest BCUT2D eigenvalue weighted by molar-refractivity contribution is -0.137. The van der Waals surface area contributed by atoms with Gasteiger partial charge in [0.05, 0.1) is 0 Å². The van der Waals surface area contributed by atoms with Crippen LogP contribution in [0.5, 0.6) is 0 Å². The number of nitrogens with one attached hydrogen (secondary N) is 1. The molecule has 5 nitrogen and oxygen atoms in total. The summed E-state index contributed by atoms with van der Waals surface area (Å²) in [5, 5.41) is 11.2. The third-order valence-corrected chi connectivity index (χ3v) is 2.91. The summed E-state index contributed by atoms with van der Waals surface area (Å²) < 4.78 is 0. The lowest BCUT2D eigenvalue weighted by atomic mass is 10.0. The van der Waals surface area contributed by atoms with Crippen molar-refractivity contribution in [1.29, 1.82) is 0 Å². The Labute approximate surface area is 95.8 Å². The zero-order valence-electron chi connectivity index (χ0n) is 9.74. The van der Waals surface area contributed by atoms with Gasteiger partial charge in [-0.3, -0.25) is 4.79 Å². The van der Waals surface area contributed by atoms with Crippen molar-refractivity contribution in [1.82, 2.24) is 10.2 Å². The van der Waals surface area contributed by atoms with E-state index in [9.17, 15) is 9.59 Å². The van der Waals surface area contributed by atoms with Gasteiger partial charge < -0.3 is 15.3 Å². The average Bonchev–Trinajstić information content (AvgIpc) is 2.24. The van der Waals surface area contributed by atoms with Gasteiger partial charge in [-0.2, -0.15) is 0 Å². The standard InChI is InChI=1S/C11H20N2O3/c1-9-5-2-3-8-13(9)11(16)12-7-4-6-10(14)15/h9H,2-8H2,1H3,(H,12,16)(H,14,15). The molecule has 0 aromatic rings. The summed E-state index contributed by atoms with van der Waals surface area (Å²) in [6.07, 6.45) is 3.90. The number of amides is 2. The van der Waals surface area contributed by atoms with Crippen LogP contribution in [0.4, 0.5) is 4.79 Å². The molecular weight excluding hydrogens is 208 g/mol. The largest absolute Gasteiger partial charge is 0.481 e. The first-order chi connectivity index (χ1) is 7.61. The van der Waals surface area contributed by atoms with Gasteiger partial charge in [0, 0.05) is 25.6 Å². The topological polar surface area (TPSA) is 69.6 Å². The van der Waals surface area contributed by atoms with Crippen LogP contribution in [0.1, 0.15) is 39.0 Å². The lowest BCUT2D eigenvalue weighted by Crippen LogP contribution is -2.47. The molecule has 1 atom stereocenters. The van der Waals surface area contributed by atoms with Crippen LogP contribution in [0.2, 0.25) is 0 Å². The number of hydrogen-bond acceptors (Lipinski definition) is 2. The third-order valence-electron chi connectivity index (χ3n) is 2.91. The summed E-state index contributed by atoms with van der Waals surface area (Å²) in [4.78, 5) is 23.8. The van der Waals surface area contributed by atoms with Gasteiger partial charge in [0.1, 0.15) is 0 Å². The van der Waals surface area contributed by atoms with E-state index in [1.165, 1.54) is 6.42 Å². The van der Waals surface area contributed by atoms with Crippen molar-refractivity contribution in [3.05, 3.63) is 0 Å². The van der Waals surface area contributed by atoms with Crippen molar-refractivity contribution in [2.75, 3.05) is 13.1 Å². The molecule has 1 aliphatic rings. The Kier molecular flexibility index (Phi) is 5.08. The van der Waals surface area contributed by atoms with E-state index in [1.54, 1.807) is 0 Å². The highest BCUT2D eigenvalue weighted by Crippen LogP contribution is 2.15. The zero-order valence-corrected chi connectivity index (χ0v) is 9.74. The molecule has 1 fully saturated rings. The Morgan fingerprint density at radius 3 is 2.81 bits per heavy atom. The van der Waals surface area contributed by atoms with Crippen molar-refractivity contribution in [2.24, 2.45) is 0 Å². The maximum atomic E-state index is 11.7. The first-order valence-corrected chi connectivity index (χ1v) is 5.87. The Balaban J connectivity index is 2.20.